The van der Waals surface area contributed by atoms with Gasteiger partial charge in [-0.15, -0.1) is 0 Å². The number of nitrogens with zero attached hydrogens (tertiary/aromatic N) is 1. The Morgan fingerprint density at radius 1 is 1.11 bits per heavy atom. The Balaban J connectivity index is 1.78. The van der Waals surface area contributed by atoms with E-state index in [4.69, 9.17) is 39.5 Å². The van der Waals surface area contributed by atoms with Gasteiger partial charge in [0.15, 0.2) is 16.4 Å². The second-order valence-electron chi connectivity index (χ2n) is 6.56. The highest BCUT2D eigenvalue weighted by Gasteiger charge is 2.35. The maximum absolute atomic E-state index is 12.9. The molecule has 1 aliphatic heterocycles. The Bertz CT molecular complexity index is 981. The molecule has 1 fully saturated rings. The third-order valence-electron chi connectivity index (χ3n) is 4.48. The largest absolute Gasteiger partial charge is 0.484 e. The zero-order chi connectivity index (χ0) is 20.3. The van der Waals surface area contributed by atoms with Gasteiger partial charge in [-0.3, -0.25) is 4.79 Å². The predicted molar refractivity (Wildman–Crippen MR) is 111 cm³/mol. The third kappa shape index (κ3) is 5.54. The van der Waals surface area contributed by atoms with Crippen molar-refractivity contribution in [3.05, 3.63) is 63.1 Å². The monoisotopic (exact) mass is 461 g/mol. The van der Waals surface area contributed by atoms with Crippen LogP contribution >= 0.6 is 34.8 Å². The van der Waals surface area contributed by atoms with Crippen LogP contribution in [0.1, 0.15) is 12.0 Å². The van der Waals surface area contributed by atoms with Gasteiger partial charge in [0.05, 0.1) is 11.5 Å². The normalized spacial score (nSPS) is 18.0. The van der Waals surface area contributed by atoms with E-state index in [1.807, 2.05) is 0 Å². The molecule has 2 aromatic carbocycles. The van der Waals surface area contributed by atoms with Crippen LogP contribution in [0.5, 0.6) is 5.75 Å². The molecule has 9 heteroatoms. The molecule has 0 bridgehead atoms. The number of ether oxygens (including phenoxy) is 1. The van der Waals surface area contributed by atoms with Crippen molar-refractivity contribution < 1.29 is 17.9 Å². The van der Waals surface area contributed by atoms with E-state index in [0.717, 1.165) is 0 Å². The summed E-state index contributed by atoms with van der Waals surface area (Å²) >= 11 is 18.1. The first-order chi connectivity index (χ1) is 13.2. The summed E-state index contributed by atoms with van der Waals surface area (Å²) in [6.45, 7) is -0.0595. The number of halogens is 3. The van der Waals surface area contributed by atoms with Gasteiger partial charge < -0.3 is 9.64 Å². The molecule has 3 rings (SSSR count). The van der Waals surface area contributed by atoms with Crippen molar-refractivity contribution in [3.8, 4) is 5.75 Å². The fraction of sp³-hybridized carbons (Fsp3) is 0.316. The molecule has 150 valence electrons. The SMILES string of the molecule is O=C(COc1cccc(Cl)c1)N(Cc1ccc(Cl)cc1Cl)[C@@H]1CCS(=O)(=O)C1. The van der Waals surface area contributed by atoms with Crippen molar-refractivity contribution in [2.24, 2.45) is 0 Å². The van der Waals surface area contributed by atoms with Crippen molar-refractivity contribution in [1.82, 2.24) is 4.90 Å². The molecule has 5 nitrogen and oxygen atoms in total. The molecule has 0 N–H and O–H groups in total. The van der Waals surface area contributed by atoms with Crippen molar-refractivity contribution in [3.63, 3.8) is 0 Å². The summed E-state index contributed by atoms with van der Waals surface area (Å²) in [4.78, 5) is 14.4. The van der Waals surface area contributed by atoms with Crippen LogP contribution in [-0.4, -0.2) is 43.4 Å². The molecular formula is C19H18Cl3NO4S. The topological polar surface area (TPSA) is 63.7 Å². The summed E-state index contributed by atoms with van der Waals surface area (Å²) in [5.41, 5.74) is 0.687. The van der Waals surface area contributed by atoms with Crippen LogP contribution in [-0.2, 0) is 21.2 Å². The van der Waals surface area contributed by atoms with Crippen LogP contribution < -0.4 is 4.74 Å². The van der Waals surface area contributed by atoms with E-state index in [2.05, 4.69) is 0 Å². The lowest BCUT2D eigenvalue weighted by molar-refractivity contribution is -0.136. The molecule has 1 heterocycles. The molecule has 1 atom stereocenters. The lowest BCUT2D eigenvalue weighted by atomic mass is 10.1. The maximum atomic E-state index is 12.9. The Morgan fingerprint density at radius 3 is 2.50 bits per heavy atom. The summed E-state index contributed by atoms with van der Waals surface area (Å²) < 4.78 is 29.4. The standard InChI is InChI=1S/C19H18Cl3NO4S/c20-14-2-1-3-17(8-14)27-11-19(24)23(16-6-7-28(25,26)12-16)10-13-4-5-15(21)9-18(13)22/h1-5,8-9,16H,6-7,10-12H2/t16-/m1/s1. The summed E-state index contributed by atoms with van der Waals surface area (Å²) in [6, 6.07) is 11.3. The molecule has 1 amide bonds. The van der Waals surface area contributed by atoms with E-state index in [9.17, 15) is 13.2 Å². The van der Waals surface area contributed by atoms with Gasteiger partial charge in [0.2, 0.25) is 0 Å². The average Bonchev–Trinajstić information content (AvgIpc) is 2.98. The maximum Gasteiger partial charge on any atom is 0.261 e. The van der Waals surface area contributed by atoms with Gasteiger partial charge in [0.1, 0.15) is 5.75 Å². The van der Waals surface area contributed by atoms with Gasteiger partial charge >= 0.3 is 0 Å². The molecule has 28 heavy (non-hydrogen) atoms. The predicted octanol–water partition coefficient (Wildman–Crippen LogP) is 4.24. The van der Waals surface area contributed by atoms with E-state index in [1.165, 1.54) is 4.90 Å². The fourth-order valence-electron chi connectivity index (χ4n) is 3.06. The highest BCUT2D eigenvalue weighted by atomic mass is 35.5. The number of carbonyl (C=O) groups excluding carboxylic acids is 1. The third-order valence-corrected chi connectivity index (χ3v) is 7.06. The van der Waals surface area contributed by atoms with Crippen LogP contribution in [0.15, 0.2) is 42.5 Å². The molecule has 0 radical (unpaired) electrons. The Kier molecular flexibility index (Phi) is 6.76. The number of sulfone groups is 1. The van der Waals surface area contributed by atoms with Crippen molar-refractivity contribution in [2.45, 2.75) is 19.0 Å². The minimum atomic E-state index is -3.16. The highest BCUT2D eigenvalue weighted by Crippen LogP contribution is 2.26. The van der Waals surface area contributed by atoms with E-state index in [0.29, 0.717) is 32.8 Å². The van der Waals surface area contributed by atoms with Crippen LogP contribution in [0.25, 0.3) is 0 Å². The van der Waals surface area contributed by atoms with E-state index >= 15 is 0 Å². The Labute approximate surface area is 179 Å². The quantitative estimate of drug-likeness (QED) is 0.644. The molecule has 1 saturated heterocycles. The summed E-state index contributed by atoms with van der Waals surface area (Å²) in [5.74, 6) is 0.129. The van der Waals surface area contributed by atoms with E-state index in [-0.39, 0.29) is 30.6 Å². The van der Waals surface area contributed by atoms with Crippen LogP contribution in [0.2, 0.25) is 15.1 Å². The van der Waals surface area contributed by atoms with Gasteiger partial charge in [-0.25, -0.2) is 8.42 Å². The minimum Gasteiger partial charge on any atom is -0.484 e. The second kappa shape index (κ2) is 8.91. The van der Waals surface area contributed by atoms with Gasteiger partial charge in [0.25, 0.3) is 5.91 Å². The first-order valence-corrected chi connectivity index (χ1v) is 11.5. The first kappa shape index (κ1) is 21.2. The van der Waals surface area contributed by atoms with E-state index in [1.54, 1.807) is 42.5 Å². The zero-order valence-corrected chi connectivity index (χ0v) is 17.9. The molecule has 2 aromatic rings. The molecule has 0 aromatic heterocycles. The van der Waals surface area contributed by atoms with Crippen molar-refractivity contribution in [1.29, 1.82) is 0 Å². The Morgan fingerprint density at radius 2 is 1.86 bits per heavy atom. The number of benzene rings is 2. The molecule has 0 saturated carbocycles. The lowest BCUT2D eigenvalue weighted by Gasteiger charge is -2.29. The summed E-state index contributed by atoms with van der Waals surface area (Å²) in [7, 11) is -3.16. The smallest absolute Gasteiger partial charge is 0.261 e. The molecule has 0 aliphatic carbocycles. The van der Waals surface area contributed by atoms with Crippen LogP contribution in [0.4, 0.5) is 0 Å². The lowest BCUT2D eigenvalue weighted by Crippen LogP contribution is -2.43. The van der Waals surface area contributed by atoms with Gasteiger partial charge in [-0.05, 0) is 42.3 Å². The molecular weight excluding hydrogens is 445 g/mol. The van der Waals surface area contributed by atoms with Gasteiger partial charge in [-0.2, -0.15) is 0 Å². The van der Waals surface area contributed by atoms with Crippen LogP contribution in [0.3, 0.4) is 0 Å². The zero-order valence-electron chi connectivity index (χ0n) is 14.8. The fourth-order valence-corrected chi connectivity index (χ4v) is 5.44. The summed E-state index contributed by atoms with van der Waals surface area (Å²) in [6.07, 6.45) is 0.385. The van der Waals surface area contributed by atoms with Gasteiger partial charge in [0, 0.05) is 27.7 Å². The number of carbonyl (C=O) groups is 1. The molecule has 0 spiro atoms. The number of hydrogen-bond donors (Lipinski definition) is 0. The number of amides is 1. The average molecular weight is 463 g/mol. The van der Waals surface area contributed by atoms with Crippen molar-refractivity contribution in [2.75, 3.05) is 18.1 Å². The van der Waals surface area contributed by atoms with Crippen LogP contribution in [0, 0.1) is 0 Å². The summed E-state index contributed by atoms with van der Waals surface area (Å²) in [5, 5.41) is 1.40. The van der Waals surface area contributed by atoms with Crippen molar-refractivity contribution >= 4 is 50.5 Å². The van der Waals surface area contributed by atoms with Gasteiger partial charge in [-0.1, -0.05) is 46.9 Å². The first-order valence-electron chi connectivity index (χ1n) is 8.56. The minimum absolute atomic E-state index is 0.0605. The second-order valence-corrected chi connectivity index (χ2v) is 10.1. The Hall–Kier alpha value is -1.47. The highest BCUT2D eigenvalue weighted by molar-refractivity contribution is 7.91. The molecule has 0 unspecified atom stereocenters. The molecule has 1 aliphatic rings. The number of hydrogen-bond acceptors (Lipinski definition) is 4. The number of rotatable bonds is 6. The van der Waals surface area contributed by atoms with E-state index < -0.39 is 15.9 Å².